The number of aliphatic carboxylic acids is 1. The summed E-state index contributed by atoms with van der Waals surface area (Å²) >= 11 is 6.11. The first kappa shape index (κ1) is 22.5. The molecule has 0 radical (unpaired) electrons. The molecule has 0 bridgehead atoms. The van der Waals surface area contributed by atoms with Crippen molar-refractivity contribution in [2.45, 2.75) is 0 Å². The maximum atomic E-state index is 13.4. The summed E-state index contributed by atoms with van der Waals surface area (Å²) in [7, 11) is 0. The predicted octanol–water partition coefficient (Wildman–Crippen LogP) is 4.35. The monoisotopic (exact) mass is 466 g/mol. The Morgan fingerprint density at radius 1 is 1.06 bits per heavy atom. The summed E-state index contributed by atoms with van der Waals surface area (Å²) in [6.45, 7) is 1.57. The van der Waals surface area contributed by atoms with Crippen LogP contribution >= 0.6 is 11.6 Å². The number of fused-ring (bicyclic) bond motifs is 1. The van der Waals surface area contributed by atoms with Gasteiger partial charge in [-0.15, -0.1) is 0 Å². The average molecular weight is 467 g/mol. The van der Waals surface area contributed by atoms with E-state index in [1.54, 1.807) is 41.3 Å². The number of rotatable bonds is 8. The van der Waals surface area contributed by atoms with Crippen LogP contribution in [0.15, 0.2) is 72.8 Å². The van der Waals surface area contributed by atoms with Gasteiger partial charge >= 0.3 is 5.97 Å². The van der Waals surface area contributed by atoms with Gasteiger partial charge in [0.25, 0.3) is 5.91 Å². The van der Waals surface area contributed by atoms with Gasteiger partial charge in [0, 0.05) is 29.4 Å². The molecule has 1 heterocycles. The van der Waals surface area contributed by atoms with E-state index in [2.05, 4.69) is 4.90 Å². The van der Waals surface area contributed by atoms with Gasteiger partial charge in [-0.05, 0) is 42.5 Å². The highest BCUT2D eigenvalue weighted by atomic mass is 35.5. The van der Waals surface area contributed by atoms with Gasteiger partial charge < -0.3 is 24.4 Å². The summed E-state index contributed by atoms with van der Waals surface area (Å²) < 4.78 is 11.2. The smallest absolute Gasteiger partial charge is 0.341 e. The van der Waals surface area contributed by atoms with Crippen LogP contribution in [0.1, 0.15) is 10.4 Å². The third-order valence-electron chi connectivity index (χ3n) is 5.24. The second-order valence-electron chi connectivity index (χ2n) is 7.43. The van der Waals surface area contributed by atoms with Crippen molar-refractivity contribution in [2.24, 2.45) is 0 Å². The normalized spacial score (nSPS) is 12.5. The van der Waals surface area contributed by atoms with Gasteiger partial charge in [-0.3, -0.25) is 4.79 Å². The highest BCUT2D eigenvalue weighted by Gasteiger charge is 2.24. The Hall–Kier alpha value is -3.71. The minimum absolute atomic E-state index is 0.143. The van der Waals surface area contributed by atoms with Gasteiger partial charge in [-0.1, -0.05) is 41.9 Å². The van der Waals surface area contributed by atoms with Crippen LogP contribution < -0.4 is 19.3 Å². The van der Waals surface area contributed by atoms with Gasteiger partial charge in [-0.25, -0.2) is 4.79 Å². The molecular formula is C25H23ClN2O5. The fraction of sp³-hybridized carbons (Fsp3) is 0.200. The van der Waals surface area contributed by atoms with Crippen molar-refractivity contribution in [1.82, 2.24) is 0 Å². The number of ether oxygens (including phenoxy) is 2. The van der Waals surface area contributed by atoms with E-state index in [1.165, 1.54) is 0 Å². The number of para-hydroxylation sites is 2. The first-order valence-corrected chi connectivity index (χ1v) is 10.9. The van der Waals surface area contributed by atoms with Crippen LogP contribution in [-0.2, 0) is 4.79 Å². The second kappa shape index (κ2) is 10.3. The van der Waals surface area contributed by atoms with E-state index in [4.69, 9.17) is 26.2 Å². The predicted molar refractivity (Wildman–Crippen MR) is 127 cm³/mol. The number of hydrogen-bond donors (Lipinski definition) is 1. The first-order valence-electron chi connectivity index (χ1n) is 10.5. The Labute approximate surface area is 196 Å². The topological polar surface area (TPSA) is 79.3 Å². The van der Waals surface area contributed by atoms with E-state index >= 15 is 0 Å². The number of halogens is 1. The number of anilines is 2. The molecule has 0 aromatic heterocycles. The van der Waals surface area contributed by atoms with Crippen LogP contribution in [0.5, 0.6) is 11.5 Å². The van der Waals surface area contributed by atoms with Crippen molar-refractivity contribution in [3.63, 3.8) is 0 Å². The molecular weight excluding hydrogens is 444 g/mol. The summed E-state index contributed by atoms with van der Waals surface area (Å²) in [6, 6.07) is 21.8. The second-order valence-corrected chi connectivity index (χ2v) is 7.86. The minimum Gasteiger partial charge on any atom is -0.486 e. The fourth-order valence-corrected chi connectivity index (χ4v) is 3.91. The molecule has 7 nitrogen and oxygen atoms in total. The molecule has 0 unspecified atom stereocenters. The Bertz CT molecular complexity index is 1140. The summed E-state index contributed by atoms with van der Waals surface area (Å²) in [4.78, 5) is 28.1. The lowest BCUT2D eigenvalue weighted by atomic mass is 10.1. The fourth-order valence-electron chi connectivity index (χ4n) is 3.72. The van der Waals surface area contributed by atoms with Gasteiger partial charge in [0.05, 0.1) is 12.2 Å². The van der Waals surface area contributed by atoms with E-state index in [1.807, 2.05) is 36.4 Å². The number of carboxylic acids is 1. The van der Waals surface area contributed by atoms with Gasteiger partial charge in [0.2, 0.25) is 0 Å². The molecule has 33 heavy (non-hydrogen) atoms. The summed E-state index contributed by atoms with van der Waals surface area (Å²) in [6.07, 6.45) is 0. The highest BCUT2D eigenvalue weighted by Crippen LogP contribution is 2.39. The van der Waals surface area contributed by atoms with E-state index < -0.39 is 12.6 Å². The number of carboxylic acid groups (broad SMARTS) is 1. The molecule has 0 atom stereocenters. The van der Waals surface area contributed by atoms with Crippen LogP contribution in [0, 0.1) is 0 Å². The maximum absolute atomic E-state index is 13.4. The standard InChI is InChI=1S/C25H23ClN2O5/c26-19-7-4-6-18(16-19)25(31)28(20-8-2-1-3-9-20)13-12-27-14-15-32-24-21(27)10-5-11-22(24)33-17-23(29)30/h1-11,16H,12-15,17H2,(H,29,30). The quantitative estimate of drug-likeness (QED) is 0.531. The first-order chi connectivity index (χ1) is 16.0. The summed E-state index contributed by atoms with van der Waals surface area (Å²) in [5.74, 6) is -0.305. The van der Waals surface area contributed by atoms with Crippen molar-refractivity contribution in [1.29, 1.82) is 0 Å². The molecule has 0 aliphatic carbocycles. The molecule has 0 fully saturated rings. The van der Waals surface area contributed by atoms with Crippen molar-refractivity contribution in [2.75, 3.05) is 42.6 Å². The molecule has 3 aromatic rings. The molecule has 0 saturated heterocycles. The largest absolute Gasteiger partial charge is 0.486 e. The van der Waals surface area contributed by atoms with Crippen molar-refractivity contribution < 1.29 is 24.2 Å². The number of hydrogen-bond acceptors (Lipinski definition) is 5. The van der Waals surface area contributed by atoms with Crippen LogP contribution in [0.25, 0.3) is 0 Å². The van der Waals surface area contributed by atoms with E-state index in [0.717, 1.165) is 11.4 Å². The lowest BCUT2D eigenvalue weighted by Gasteiger charge is -2.34. The SMILES string of the molecule is O=C(O)COc1cccc2c1OCCN2CCN(C(=O)c1cccc(Cl)c1)c1ccccc1. The number of benzene rings is 3. The van der Waals surface area contributed by atoms with Gasteiger partial charge in [0.1, 0.15) is 6.61 Å². The molecule has 3 aromatic carbocycles. The minimum atomic E-state index is -1.06. The van der Waals surface area contributed by atoms with Gasteiger partial charge in [-0.2, -0.15) is 0 Å². The Balaban J connectivity index is 1.56. The van der Waals surface area contributed by atoms with Gasteiger partial charge in [0.15, 0.2) is 18.1 Å². The molecule has 0 spiro atoms. The molecule has 0 saturated carbocycles. The lowest BCUT2D eigenvalue weighted by molar-refractivity contribution is -0.139. The Kier molecular flexibility index (Phi) is 7.00. The summed E-state index contributed by atoms with van der Waals surface area (Å²) in [5.41, 5.74) is 2.10. The number of amides is 1. The lowest BCUT2D eigenvalue weighted by Crippen LogP contribution is -2.41. The van der Waals surface area contributed by atoms with E-state index in [9.17, 15) is 9.59 Å². The zero-order chi connectivity index (χ0) is 23.2. The molecule has 8 heteroatoms. The number of carbonyl (C=O) groups excluding carboxylic acids is 1. The third kappa shape index (κ3) is 5.38. The number of carbonyl (C=O) groups is 2. The molecule has 1 aliphatic rings. The zero-order valence-electron chi connectivity index (χ0n) is 17.8. The van der Waals surface area contributed by atoms with Crippen molar-refractivity contribution >= 4 is 34.9 Å². The zero-order valence-corrected chi connectivity index (χ0v) is 18.6. The Morgan fingerprint density at radius 3 is 2.61 bits per heavy atom. The van der Waals surface area contributed by atoms with Crippen molar-refractivity contribution in [3.8, 4) is 11.5 Å². The summed E-state index contributed by atoms with van der Waals surface area (Å²) in [5, 5.41) is 9.43. The van der Waals surface area contributed by atoms with E-state index in [0.29, 0.717) is 48.3 Å². The van der Waals surface area contributed by atoms with Crippen LogP contribution in [0.2, 0.25) is 5.02 Å². The highest BCUT2D eigenvalue weighted by molar-refractivity contribution is 6.31. The van der Waals surface area contributed by atoms with Crippen molar-refractivity contribution in [3.05, 3.63) is 83.4 Å². The van der Waals surface area contributed by atoms with Crippen LogP contribution in [0.4, 0.5) is 11.4 Å². The van der Waals surface area contributed by atoms with E-state index in [-0.39, 0.29) is 5.91 Å². The Morgan fingerprint density at radius 2 is 1.85 bits per heavy atom. The number of nitrogens with zero attached hydrogens (tertiary/aromatic N) is 2. The average Bonchev–Trinajstić information content (AvgIpc) is 2.83. The molecule has 1 N–H and O–H groups in total. The molecule has 4 rings (SSSR count). The third-order valence-corrected chi connectivity index (χ3v) is 5.47. The van der Waals surface area contributed by atoms with Crippen LogP contribution in [0.3, 0.4) is 0 Å². The van der Waals surface area contributed by atoms with Crippen LogP contribution in [-0.4, -0.2) is 49.8 Å². The molecule has 1 aliphatic heterocycles. The molecule has 1 amide bonds. The molecule has 170 valence electrons. The maximum Gasteiger partial charge on any atom is 0.341 e.